The van der Waals surface area contributed by atoms with E-state index >= 15 is 0 Å². The first-order chi connectivity index (χ1) is 11.7. The van der Waals surface area contributed by atoms with Crippen molar-refractivity contribution >= 4 is 17.2 Å². The largest absolute Gasteiger partial charge is 0.390 e. The quantitative estimate of drug-likeness (QED) is 0.869. The summed E-state index contributed by atoms with van der Waals surface area (Å²) in [4.78, 5) is 14.7. The molecule has 0 saturated carbocycles. The molecule has 3 rings (SSSR count). The van der Waals surface area contributed by atoms with Crippen molar-refractivity contribution in [3.8, 4) is 6.07 Å². The van der Waals surface area contributed by atoms with Crippen molar-refractivity contribution in [2.45, 2.75) is 19.1 Å². The first-order valence-corrected chi connectivity index (χ1v) is 8.78. The summed E-state index contributed by atoms with van der Waals surface area (Å²) >= 11 is 1.24. The van der Waals surface area contributed by atoms with Crippen molar-refractivity contribution in [3.63, 3.8) is 0 Å². The average molecular weight is 341 g/mol. The van der Waals surface area contributed by atoms with Gasteiger partial charge in [0.1, 0.15) is 10.9 Å². The van der Waals surface area contributed by atoms with Crippen LogP contribution in [-0.2, 0) is 13.0 Å². The maximum Gasteiger partial charge on any atom is 0.262 e. The Morgan fingerprint density at radius 3 is 2.96 bits per heavy atom. The van der Waals surface area contributed by atoms with Gasteiger partial charge in [0, 0.05) is 26.2 Å². The summed E-state index contributed by atoms with van der Waals surface area (Å²) < 4.78 is 0. The van der Waals surface area contributed by atoms with Gasteiger partial charge in [0.05, 0.1) is 11.7 Å². The normalized spacial score (nSPS) is 15.3. The summed E-state index contributed by atoms with van der Waals surface area (Å²) in [5, 5.41) is 23.6. The van der Waals surface area contributed by atoms with Crippen LogP contribution in [0.5, 0.6) is 0 Å². The van der Waals surface area contributed by atoms with Gasteiger partial charge in [0.25, 0.3) is 5.91 Å². The van der Waals surface area contributed by atoms with Crippen molar-refractivity contribution in [1.82, 2.24) is 10.2 Å². The lowest BCUT2D eigenvalue weighted by atomic mass is 10.00. The zero-order valence-electron chi connectivity index (χ0n) is 13.2. The maximum atomic E-state index is 12.1. The van der Waals surface area contributed by atoms with E-state index in [2.05, 4.69) is 28.4 Å². The van der Waals surface area contributed by atoms with Crippen molar-refractivity contribution < 1.29 is 9.90 Å². The van der Waals surface area contributed by atoms with Crippen LogP contribution < -0.4 is 5.32 Å². The molecular weight excluding hydrogens is 322 g/mol. The molecule has 2 heterocycles. The molecule has 1 unspecified atom stereocenters. The maximum absolute atomic E-state index is 12.1. The van der Waals surface area contributed by atoms with Gasteiger partial charge >= 0.3 is 0 Å². The molecule has 0 bridgehead atoms. The molecule has 1 amide bonds. The van der Waals surface area contributed by atoms with E-state index in [9.17, 15) is 9.90 Å². The van der Waals surface area contributed by atoms with Gasteiger partial charge in [-0.1, -0.05) is 24.3 Å². The molecule has 0 fully saturated rings. The van der Waals surface area contributed by atoms with Crippen LogP contribution in [0.1, 0.15) is 26.4 Å². The third-order valence-electron chi connectivity index (χ3n) is 4.17. The fourth-order valence-corrected chi connectivity index (χ4v) is 3.70. The molecular formula is C18H19N3O2S. The lowest BCUT2D eigenvalue weighted by Gasteiger charge is -2.30. The van der Waals surface area contributed by atoms with Crippen LogP contribution in [0.25, 0.3) is 0 Å². The number of thiophene rings is 1. The first kappa shape index (κ1) is 16.7. The summed E-state index contributed by atoms with van der Waals surface area (Å²) in [6.07, 6.45) is 0.348. The topological polar surface area (TPSA) is 76.4 Å². The fraction of sp³-hybridized carbons (Fsp3) is 0.333. The Balaban J connectivity index is 1.49. The van der Waals surface area contributed by atoms with Gasteiger partial charge in [-0.05, 0) is 29.0 Å². The predicted molar refractivity (Wildman–Crippen MR) is 92.8 cm³/mol. The van der Waals surface area contributed by atoms with E-state index in [0.717, 1.165) is 19.5 Å². The third-order valence-corrected chi connectivity index (χ3v) is 5.08. The molecule has 124 valence electrons. The molecule has 0 radical (unpaired) electrons. The van der Waals surface area contributed by atoms with Crippen molar-refractivity contribution in [1.29, 1.82) is 5.26 Å². The van der Waals surface area contributed by atoms with E-state index < -0.39 is 6.10 Å². The molecule has 6 heteroatoms. The smallest absolute Gasteiger partial charge is 0.262 e. The molecule has 0 aliphatic carbocycles. The highest BCUT2D eigenvalue weighted by Gasteiger charge is 2.19. The van der Waals surface area contributed by atoms with E-state index in [1.807, 2.05) is 12.1 Å². The number of hydrogen-bond donors (Lipinski definition) is 2. The number of amides is 1. The number of benzene rings is 1. The van der Waals surface area contributed by atoms with Crippen LogP contribution in [-0.4, -0.2) is 41.7 Å². The average Bonchev–Trinajstić information content (AvgIpc) is 3.08. The molecule has 1 aromatic heterocycles. The monoisotopic (exact) mass is 341 g/mol. The van der Waals surface area contributed by atoms with Crippen LogP contribution >= 0.6 is 11.3 Å². The van der Waals surface area contributed by atoms with Crippen LogP contribution in [0.3, 0.4) is 0 Å². The van der Waals surface area contributed by atoms with Crippen molar-refractivity contribution in [2.24, 2.45) is 0 Å². The second-order valence-electron chi connectivity index (χ2n) is 5.89. The molecule has 1 aliphatic heterocycles. The predicted octanol–water partition coefficient (Wildman–Crippen LogP) is 1.77. The standard InChI is InChI=1S/C18H19N3O2S/c19-9-14-6-8-24-17(14)18(23)20-10-16(22)12-21-7-5-13-3-1-2-4-15(13)11-21/h1-4,6,8,16,22H,5,7,10-12H2,(H,20,23). The minimum atomic E-state index is -0.635. The number of rotatable bonds is 5. The first-order valence-electron chi connectivity index (χ1n) is 7.90. The summed E-state index contributed by atoms with van der Waals surface area (Å²) in [6.45, 7) is 2.43. The van der Waals surface area contributed by atoms with Crippen LogP contribution in [0, 0.1) is 11.3 Å². The molecule has 1 aromatic carbocycles. The number of β-amino-alcohol motifs (C(OH)–C–C–N with tert-alkyl or cyclic N) is 1. The van der Waals surface area contributed by atoms with Gasteiger partial charge in [0.15, 0.2) is 0 Å². The number of carbonyl (C=O) groups excluding carboxylic acids is 1. The van der Waals surface area contributed by atoms with Gasteiger partial charge < -0.3 is 10.4 Å². The summed E-state index contributed by atoms with van der Waals surface area (Å²) in [5.74, 6) is -0.301. The fourth-order valence-electron chi connectivity index (χ4n) is 2.94. The third kappa shape index (κ3) is 3.82. The Labute approximate surface area is 145 Å². The Morgan fingerprint density at radius 1 is 1.38 bits per heavy atom. The zero-order valence-corrected chi connectivity index (χ0v) is 14.1. The second kappa shape index (κ2) is 7.58. The molecule has 5 nitrogen and oxygen atoms in total. The Morgan fingerprint density at radius 2 is 2.17 bits per heavy atom. The molecule has 0 saturated heterocycles. The highest BCUT2D eigenvalue weighted by atomic mass is 32.1. The summed E-state index contributed by atoms with van der Waals surface area (Å²) in [5.41, 5.74) is 3.05. The molecule has 1 aliphatic rings. The second-order valence-corrected chi connectivity index (χ2v) is 6.81. The van der Waals surface area contributed by atoms with E-state index in [-0.39, 0.29) is 12.5 Å². The Kier molecular flexibility index (Phi) is 5.26. The van der Waals surface area contributed by atoms with E-state index in [1.165, 1.54) is 22.5 Å². The SMILES string of the molecule is N#Cc1ccsc1C(=O)NCC(O)CN1CCc2ccccc2C1. The highest BCUT2D eigenvalue weighted by molar-refractivity contribution is 7.12. The number of carbonyl (C=O) groups is 1. The van der Waals surface area contributed by atoms with Gasteiger partial charge in [-0.2, -0.15) is 5.26 Å². The molecule has 2 N–H and O–H groups in total. The zero-order chi connectivity index (χ0) is 16.9. The minimum absolute atomic E-state index is 0.180. The van der Waals surface area contributed by atoms with E-state index in [4.69, 9.17) is 5.26 Å². The lowest BCUT2D eigenvalue weighted by Crippen LogP contribution is -2.42. The molecule has 2 aromatic rings. The van der Waals surface area contributed by atoms with Gasteiger partial charge in [-0.3, -0.25) is 9.69 Å². The van der Waals surface area contributed by atoms with Gasteiger partial charge in [0.2, 0.25) is 0 Å². The number of hydrogen-bond acceptors (Lipinski definition) is 5. The molecule has 1 atom stereocenters. The number of aliphatic hydroxyl groups excluding tert-OH is 1. The number of fused-ring (bicyclic) bond motifs is 1. The summed E-state index contributed by atoms with van der Waals surface area (Å²) in [7, 11) is 0. The van der Waals surface area contributed by atoms with Gasteiger partial charge in [-0.15, -0.1) is 11.3 Å². The lowest BCUT2D eigenvalue weighted by molar-refractivity contribution is 0.0844. The van der Waals surface area contributed by atoms with Crippen molar-refractivity contribution in [2.75, 3.05) is 19.6 Å². The molecule has 0 spiro atoms. The van der Waals surface area contributed by atoms with E-state index in [0.29, 0.717) is 17.0 Å². The number of aliphatic hydroxyl groups is 1. The Hall–Kier alpha value is -2.20. The van der Waals surface area contributed by atoms with E-state index in [1.54, 1.807) is 11.4 Å². The number of nitrogens with one attached hydrogen (secondary N) is 1. The number of nitrogens with zero attached hydrogens (tertiary/aromatic N) is 2. The van der Waals surface area contributed by atoms with Crippen molar-refractivity contribution in [3.05, 3.63) is 57.3 Å². The highest BCUT2D eigenvalue weighted by Crippen LogP contribution is 2.18. The van der Waals surface area contributed by atoms with Gasteiger partial charge in [-0.25, -0.2) is 0 Å². The Bertz CT molecular complexity index is 766. The van der Waals surface area contributed by atoms with Crippen LogP contribution in [0.2, 0.25) is 0 Å². The molecule has 24 heavy (non-hydrogen) atoms. The minimum Gasteiger partial charge on any atom is -0.390 e. The summed E-state index contributed by atoms with van der Waals surface area (Å²) in [6, 6.07) is 12.0. The van der Waals surface area contributed by atoms with Crippen LogP contribution in [0.4, 0.5) is 0 Å². The van der Waals surface area contributed by atoms with Crippen LogP contribution in [0.15, 0.2) is 35.7 Å². The number of nitriles is 1.